The summed E-state index contributed by atoms with van der Waals surface area (Å²) in [6.45, 7) is 3.77. The maximum absolute atomic E-state index is 13.0. The van der Waals surface area contributed by atoms with Crippen molar-refractivity contribution in [2.75, 3.05) is 0 Å². The molecule has 0 aliphatic carbocycles. The third kappa shape index (κ3) is 3.17. The fourth-order valence-corrected chi connectivity index (χ4v) is 2.73. The Labute approximate surface area is 150 Å². The van der Waals surface area contributed by atoms with E-state index < -0.39 is 0 Å². The van der Waals surface area contributed by atoms with E-state index in [4.69, 9.17) is 4.74 Å². The highest BCUT2D eigenvalue weighted by Gasteiger charge is 2.09. The second-order valence-electron chi connectivity index (χ2n) is 5.73. The summed E-state index contributed by atoms with van der Waals surface area (Å²) < 4.78 is 18.7. The lowest BCUT2D eigenvalue weighted by Gasteiger charge is -2.09. The molecule has 126 valence electrons. The van der Waals surface area contributed by atoms with Gasteiger partial charge in [0.15, 0.2) is 5.82 Å². The fraction of sp³-hybridized carbons (Fsp3) is 0. The lowest BCUT2D eigenvalue weighted by atomic mass is 10.1. The molecule has 26 heavy (non-hydrogen) atoms. The van der Waals surface area contributed by atoms with E-state index in [0.29, 0.717) is 17.3 Å². The number of hydrogen-bond acceptors (Lipinski definition) is 3. The van der Waals surface area contributed by atoms with Gasteiger partial charge in [-0.15, -0.1) is 0 Å². The van der Waals surface area contributed by atoms with Crippen molar-refractivity contribution in [1.82, 2.24) is 9.97 Å². The van der Waals surface area contributed by atoms with Crippen molar-refractivity contribution in [1.29, 1.82) is 0 Å². The summed E-state index contributed by atoms with van der Waals surface area (Å²) in [4.78, 5) is 9.08. The van der Waals surface area contributed by atoms with Gasteiger partial charge in [0.05, 0.1) is 11.2 Å². The Morgan fingerprint density at radius 2 is 1.46 bits per heavy atom. The predicted octanol–water partition coefficient (Wildman–Crippen LogP) is 5.87. The van der Waals surface area contributed by atoms with Crippen molar-refractivity contribution in [3.8, 4) is 22.8 Å². The highest BCUT2D eigenvalue weighted by Crippen LogP contribution is 2.29. The summed E-state index contributed by atoms with van der Waals surface area (Å²) in [5.74, 6) is 1.55. The zero-order valence-electron chi connectivity index (χ0n) is 13.9. The normalized spacial score (nSPS) is 10.7. The van der Waals surface area contributed by atoms with Gasteiger partial charge in [0.25, 0.3) is 0 Å². The molecule has 0 aliphatic rings. The van der Waals surface area contributed by atoms with Crippen molar-refractivity contribution in [2.24, 2.45) is 0 Å². The minimum atomic E-state index is -0.290. The first-order valence-corrected chi connectivity index (χ1v) is 8.16. The molecule has 1 heterocycles. The maximum Gasteiger partial charge on any atom is 0.152 e. The van der Waals surface area contributed by atoms with Crippen molar-refractivity contribution in [2.45, 2.75) is 0 Å². The molecule has 0 unspecified atom stereocenters. The average Bonchev–Trinajstić information content (AvgIpc) is 2.69. The molecule has 0 saturated heterocycles. The van der Waals surface area contributed by atoms with Crippen LogP contribution in [0.3, 0.4) is 0 Å². The first kappa shape index (κ1) is 16.0. The van der Waals surface area contributed by atoms with Crippen molar-refractivity contribution >= 4 is 17.0 Å². The van der Waals surface area contributed by atoms with Gasteiger partial charge >= 0.3 is 0 Å². The first-order chi connectivity index (χ1) is 12.7. The first-order valence-electron chi connectivity index (χ1n) is 8.16. The molecule has 4 rings (SSSR count). The number of benzene rings is 3. The number of fused-ring (bicyclic) bond motifs is 1. The Morgan fingerprint density at radius 3 is 2.15 bits per heavy atom. The quantitative estimate of drug-likeness (QED) is 0.465. The Balaban J connectivity index is 1.69. The summed E-state index contributed by atoms with van der Waals surface area (Å²) >= 11 is 0. The highest BCUT2D eigenvalue weighted by molar-refractivity contribution is 5.92. The Bertz CT molecular complexity index is 1070. The van der Waals surface area contributed by atoms with Crippen LogP contribution in [0.5, 0.6) is 11.5 Å². The van der Waals surface area contributed by atoms with E-state index in [0.717, 1.165) is 22.2 Å². The number of rotatable bonds is 4. The van der Waals surface area contributed by atoms with E-state index in [1.807, 2.05) is 48.5 Å². The maximum atomic E-state index is 13.0. The largest absolute Gasteiger partial charge is 0.457 e. The minimum Gasteiger partial charge on any atom is -0.457 e. The monoisotopic (exact) mass is 342 g/mol. The highest BCUT2D eigenvalue weighted by atomic mass is 19.1. The smallest absolute Gasteiger partial charge is 0.152 e. The lowest BCUT2D eigenvalue weighted by molar-refractivity contribution is 0.480. The second kappa shape index (κ2) is 6.76. The Hall–Kier alpha value is -3.53. The summed E-state index contributed by atoms with van der Waals surface area (Å²) in [6, 6.07) is 21.4. The van der Waals surface area contributed by atoms with Gasteiger partial charge in [0, 0.05) is 10.9 Å². The molecule has 0 spiro atoms. The third-order valence-corrected chi connectivity index (χ3v) is 3.98. The zero-order chi connectivity index (χ0) is 17.9. The van der Waals surface area contributed by atoms with Gasteiger partial charge in [0.1, 0.15) is 17.3 Å². The molecule has 0 saturated carbocycles. The van der Waals surface area contributed by atoms with Gasteiger partial charge in [-0.3, -0.25) is 0 Å². The van der Waals surface area contributed by atoms with Gasteiger partial charge in [0.2, 0.25) is 0 Å². The number of para-hydroxylation sites is 1. The van der Waals surface area contributed by atoms with E-state index >= 15 is 0 Å². The summed E-state index contributed by atoms with van der Waals surface area (Å²) in [5, 5.41) is 0.977. The van der Waals surface area contributed by atoms with Crippen LogP contribution >= 0.6 is 0 Å². The van der Waals surface area contributed by atoms with Gasteiger partial charge in [-0.05, 0) is 60.7 Å². The zero-order valence-corrected chi connectivity index (χ0v) is 13.9. The van der Waals surface area contributed by atoms with Crippen LogP contribution in [0, 0.1) is 5.82 Å². The standard InChI is InChI=1S/C22H15FN2O/c1-2-21-24-20-6-4-3-5-19(20)22(25-21)15-7-11-17(12-8-15)26-18-13-9-16(23)10-14-18/h2-14H,1H2. The van der Waals surface area contributed by atoms with E-state index in [2.05, 4.69) is 16.5 Å². The predicted molar refractivity (Wildman–Crippen MR) is 102 cm³/mol. The summed E-state index contributed by atoms with van der Waals surface area (Å²) in [6.07, 6.45) is 1.64. The topological polar surface area (TPSA) is 35.0 Å². The van der Waals surface area contributed by atoms with Gasteiger partial charge < -0.3 is 4.74 Å². The van der Waals surface area contributed by atoms with Crippen LogP contribution in [0.2, 0.25) is 0 Å². The molecule has 3 nitrogen and oxygen atoms in total. The second-order valence-corrected chi connectivity index (χ2v) is 5.73. The van der Waals surface area contributed by atoms with Crippen LogP contribution in [-0.4, -0.2) is 9.97 Å². The number of aromatic nitrogens is 2. The Morgan fingerprint density at radius 1 is 0.808 bits per heavy atom. The van der Waals surface area contributed by atoms with Crippen molar-refractivity contribution in [3.63, 3.8) is 0 Å². The molecule has 4 heteroatoms. The van der Waals surface area contributed by atoms with E-state index in [1.54, 1.807) is 18.2 Å². The lowest BCUT2D eigenvalue weighted by Crippen LogP contribution is -1.94. The van der Waals surface area contributed by atoms with Crippen molar-refractivity contribution < 1.29 is 9.13 Å². The molecule has 0 amide bonds. The van der Waals surface area contributed by atoms with Gasteiger partial charge in [-0.25, -0.2) is 14.4 Å². The molecule has 0 N–H and O–H groups in total. The average molecular weight is 342 g/mol. The molecule has 0 bridgehead atoms. The summed E-state index contributed by atoms with van der Waals surface area (Å²) in [5.41, 5.74) is 2.68. The molecular formula is C22H15FN2O. The molecule has 0 fully saturated rings. The van der Waals surface area contributed by atoms with Crippen LogP contribution in [0.15, 0.2) is 79.4 Å². The molecule has 1 aromatic heterocycles. The van der Waals surface area contributed by atoms with Crippen LogP contribution in [0.1, 0.15) is 5.82 Å². The molecule has 4 aromatic rings. The van der Waals surface area contributed by atoms with E-state index in [9.17, 15) is 4.39 Å². The van der Waals surface area contributed by atoms with Crippen LogP contribution < -0.4 is 4.74 Å². The molecule has 0 atom stereocenters. The Kier molecular flexibility index (Phi) is 4.15. The number of nitrogens with zero attached hydrogens (tertiary/aromatic N) is 2. The molecule has 0 aliphatic heterocycles. The van der Waals surface area contributed by atoms with Gasteiger partial charge in [-0.1, -0.05) is 24.8 Å². The van der Waals surface area contributed by atoms with Crippen molar-refractivity contribution in [3.05, 3.63) is 91.0 Å². The minimum absolute atomic E-state index is 0.290. The number of ether oxygens (including phenoxy) is 1. The SMILES string of the molecule is C=Cc1nc(-c2ccc(Oc3ccc(F)cc3)cc2)c2ccccc2n1. The molecular weight excluding hydrogens is 327 g/mol. The van der Waals surface area contributed by atoms with Crippen LogP contribution in [-0.2, 0) is 0 Å². The van der Waals surface area contributed by atoms with Crippen LogP contribution in [0.4, 0.5) is 4.39 Å². The number of halogens is 1. The third-order valence-electron chi connectivity index (χ3n) is 3.98. The van der Waals surface area contributed by atoms with Gasteiger partial charge in [-0.2, -0.15) is 0 Å². The number of hydrogen-bond donors (Lipinski definition) is 0. The summed E-state index contributed by atoms with van der Waals surface area (Å²) in [7, 11) is 0. The molecule has 0 radical (unpaired) electrons. The van der Waals surface area contributed by atoms with E-state index in [1.165, 1.54) is 12.1 Å². The van der Waals surface area contributed by atoms with E-state index in [-0.39, 0.29) is 5.82 Å². The molecule has 3 aromatic carbocycles. The van der Waals surface area contributed by atoms with Crippen LogP contribution in [0.25, 0.3) is 28.2 Å². The fourth-order valence-electron chi connectivity index (χ4n) is 2.73.